The van der Waals surface area contributed by atoms with Crippen molar-refractivity contribution < 1.29 is 63.9 Å². The number of ether oxygens (including phenoxy) is 6. The molecule has 6 N–H and O–H groups in total. The summed E-state index contributed by atoms with van der Waals surface area (Å²) in [7, 11) is 0. The second-order valence-corrected chi connectivity index (χ2v) is 21.7. The van der Waals surface area contributed by atoms with Crippen molar-refractivity contribution in [2.75, 3.05) is 13.2 Å². The maximum atomic E-state index is 12.2. The number of hydrogen-bond acceptors (Lipinski definition) is 13. The molecule has 0 aromatic rings. The second-order valence-electron chi connectivity index (χ2n) is 21.7. The van der Waals surface area contributed by atoms with Crippen molar-refractivity contribution in [1.29, 1.82) is 0 Å². The largest absolute Gasteiger partial charge is 0.454 e. The fourth-order valence-corrected chi connectivity index (χ4v) is 14.6. The molecule has 13 nitrogen and oxygen atoms in total. The molecule has 7 fully saturated rings. The van der Waals surface area contributed by atoms with E-state index in [9.17, 15) is 35.4 Å². The van der Waals surface area contributed by atoms with Gasteiger partial charge in [0.15, 0.2) is 18.7 Å². The molecule has 3 heterocycles. The lowest BCUT2D eigenvalue weighted by Gasteiger charge is -2.73. The summed E-state index contributed by atoms with van der Waals surface area (Å²) >= 11 is 0. The molecule has 0 aromatic carbocycles. The monoisotopic (exact) mass is 806 g/mol. The van der Waals surface area contributed by atoms with Crippen LogP contribution < -0.4 is 0 Å². The summed E-state index contributed by atoms with van der Waals surface area (Å²) in [5.74, 6) is 0.0260. The van der Waals surface area contributed by atoms with E-state index in [-0.39, 0.29) is 56.3 Å². The first-order valence-electron chi connectivity index (χ1n) is 21.7. The number of fused-ring (bicyclic) bond motifs is 4. The van der Waals surface area contributed by atoms with Crippen LogP contribution in [0, 0.1) is 50.2 Å². The molecule has 3 aliphatic heterocycles. The van der Waals surface area contributed by atoms with Gasteiger partial charge in [-0.2, -0.15) is 0 Å². The van der Waals surface area contributed by atoms with Crippen molar-refractivity contribution in [3.8, 4) is 0 Å². The smallest absolute Gasteiger partial charge is 0.303 e. The Morgan fingerprint density at radius 1 is 0.789 bits per heavy atom. The molecule has 20 atom stereocenters. The minimum absolute atomic E-state index is 0.0821. The summed E-state index contributed by atoms with van der Waals surface area (Å²) < 4.78 is 37.1. The molecule has 1 spiro atoms. The van der Waals surface area contributed by atoms with Crippen LogP contribution in [-0.2, 0) is 33.2 Å². The van der Waals surface area contributed by atoms with E-state index in [2.05, 4.69) is 60.6 Å². The molecule has 2 bridgehead atoms. The molecule has 324 valence electrons. The SMILES string of the molecule is CC(=O)OC1C(OC2C(O)C(C)OC(OC3CCC4(C)C(CCC5(C)C4C=CC46OCC7(CCC(C)(C)CC74)C(O)CC56C)C3(C)C)C2O)OC(CO)C(O)C1O. The van der Waals surface area contributed by atoms with E-state index in [1.165, 1.54) is 0 Å². The third-order valence-electron chi connectivity index (χ3n) is 18.1. The number of rotatable bonds is 6. The van der Waals surface area contributed by atoms with Crippen molar-refractivity contribution in [2.45, 2.75) is 193 Å². The van der Waals surface area contributed by atoms with Crippen LogP contribution in [0.25, 0.3) is 0 Å². The lowest BCUT2D eigenvalue weighted by molar-refractivity contribution is -0.367. The molecule has 20 unspecified atom stereocenters. The van der Waals surface area contributed by atoms with Crippen molar-refractivity contribution in [3.63, 3.8) is 0 Å². The number of carbonyl (C=O) groups excluding carboxylic acids is 1. The third kappa shape index (κ3) is 5.90. The van der Waals surface area contributed by atoms with Gasteiger partial charge in [0, 0.05) is 23.7 Å². The Morgan fingerprint density at radius 3 is 2.19 bits per heavy atom. The van der Waals surface area contributed by atoms with Crippen LogP contribution in [0.3, 0.4) is 0 Å². The van der Waals surface area contributed by atoms with Gasteiger partial charge in [0.1, 0.15) is 36.6 Å². The summed E-state index contributed by atoms with van der Waals surface area (Å²) in [5, 5.41) is 66.2. The van der Waals surface area contributed by atoms with Gasteiger partial charge in [-0.15, -0.1) is 0 Å². The van der Waals surface area contributed by atoms with Gasteiger partial charge in [-0.3, -0.25) is 4.79 Å². The lowest BCUT2D eigenvalue weighted by Crippen LogP contribution is -2.72. The minimum Gasteiger partial charge on any atom is -0.454 e. The van der Waals surface area contributed by atoms with Crippen LogP contribution in [0.5, 0.6) is 0 Å². The highest BCUT2D eigenvalue weighted by molar-refractivity contribution is 5.66. The van der Waals surface area contributed by atoms with E-state index in [1.54, 1.807) is 6.92 Å². The van der Waals surface area contributed by atoms with E-state index in [0.29, 0.717) is 13.0 Å². The molecule has 0 amide bonds. The first-order valence-corrected chi connectivity index (χ1v) is 21.7. The Morgan fingerprint density at radius 2 is 1.51 bits per heavy atom. The average molecular weight is 807 g/mol. The highest BCUT2D eigenvalue weighted by Gasteiger charge is 2.79. The van der Waals surface area contributed by atoms with E-state index in [0.717, 1.165) is 51.9 Å². The molecule has 8 aliphatic rings. The van der Waals surface area contributed by atoms with Crippen LogP contribution in [-0.4, -0.2) is 129 Å². The van der Waals surface area contributed by atoms with E-state index < -0.39 is 85.7 Å². The standard InChI is InChI=1S/C44H70O13/c1-22-30(48)34(57-37-35(54-23(2)46)32(50)31(49)24(20-45)55-37)33(51)36(53-22)56-29-12-13-40(7)25(39(29,5)6)10-14-41(8)26(40)11-15-44-27-18-38(3,4)16-17-43(27,21-52-44)28(47)19-42(41,44)9/h11,15,22,24-37,45,47-51H,10,12-14,16-21H2,1-9H3. The number of aliphatic hydroxyl groups excluding tert-OH is 6. The lowest BCUT2D eigenvalue weighted by atomic mass is 9.32. The summed E-state index contributed by atoms with van der Waals surface area (Å²) in [5.41, 5.74) is -1.18. The Kier molecular flexibility index (Phi) is 10.3. The number of esters is 1. The Balaban J connectivity index is 1.03. The molecule has 5 aliphatic carbocycles. The Hall–Kier alpha value is -1.23. The zero-order chi connectivity index (χ0) is 41.5. The normalized spacial score (nSPS) is 56.2. The number of allylic oxidation sites excluding steroid dienone is 1. The van der Waals surface area contributed by atoms with Gasteiger partial charge in [0.25, 0.3) is 0 Å². The van der Waals surface area contributed by atoms with E-state index in [1.807, 2.05) is 0 Å². The molecular weight excluding hydrogens is 736 g/mol. The third-order valence-corrected chi connectivity index (χ3v) is 18.1. The molecule has 8 rings (SSSR count). The molecule has 13 heteroatoms. The highest BCUT2D eigenvalue weighted by atomic mass is 16.7. The fourth-order valence-electron chi connectivity index (χ4n) is 14.6. The number of hydrogen-bond donors (Lipinski definition) is 6. The predicted octanol–water partition coefficient (Wildman–Crippen LogP) is 3.38. The van der Waals surface area contributed by atoms with Crippen LogP contribution in [0.4, 0.5) is 0 Å². The van der Waals surface area contributed by atoms with Crippen molar-refractivity contribution >= 4 is 5.97 Å². The predicted molar refractivity (Wildman–Crippen MR) is 205 cm³/mol. The summed E-state index contributed by atoms with van der Waals surface area (Å²) in [6.07, 6.45) is -2.02. The number of aliphatic hydroxyl groups is 6. The van der Waals surface area contributed by atoms with Crippen LogP contribution in [0.2, 0.25) is 0 Å². The summed E-state index contributed by atoms with van der Waals surface area (Å²) in [6, 6.07) is 0. The number of carbonyl (C=O) groups is 1. The van der Waals surface area contributed by atoms with Gasteiger partial charge >= 0.3 is 5.97 Å². The molecule has 3 saturated heterocycles. The average Bonchev–Trinajstić information content (AvgIpc) is 3.41. The molecule has 4 saturated carbocycles. The molecule has 57 heavy (non-hydrogen) atoms. The van der Waals surface area contributed by atoms with Crippen LogP contribution in [0.1, 0.15) is 114 Å². The molecule has 0 aromatic heterocycles. The van der Waals surface area contributed by atoms with Gasteiger partial charge in [-0.05, 0) is 91.8 Å². The van der Waals surface area contributed by atoms with Gasteiger partial charge < -0.3 is 59.1 Å². The topological polar surface area (TPSA) is 194 Å². The minimum atomic E-state index is -1.66. The Bertz CT molecular complexity index is 1590. The summed E-state index contributed by atoms with van der Waals surface area (Å²) in [4.78, 5) is 11.9. The van der Waals surface area contributed by atoms with E-state index >= 15 is 0 Å². The summed E-state index contributed by atoms with van der Waals surface area (Å²) in [6.45, 7) is 19.4. The molecular formula is C44H70O13. The van der Waals surface area contributed by atoms with Crippen molar-refractivity contribution in [2.24, 2.45) is 50.2 Å². The first kappa shape index (κ1) is 42.5. The molecule has 0 radical (unpaired) electrons. The fraction of sp³-hybridized carbons (Fsp3) is 0.932. The van der Waals surface area contributed by atoms with Crippen LogP contribution >= 0.6 is 0 Å². The highest BCUT2D eigenvalue weighted by Crippen LogP contribution is 2.79. The van der Waals surface area contributed by atoms with Crippen molar-refractivity contribution in [1.82, 2.24) is 0 Å². The Labute approximate surface area is 337 Å². The van der Waals surface area contributed by atoms with Gasteiger partial charge in [0.05, 0.1) is 37.1 Å². The van der Waals surface area contributed by atoms with Gasteiger partial charge in [0.2, 0.25) is 0 Å². The van der Waals surface area contributed by atoms with Crippen molar-refractivity contribution in [3.05, 3.63) is 12.2 Å². The van der Waals surface area contributed by atoms with Gasteiger partial charge in [-0.25, -0.2) is 0 Å². The maximum Gasteiger partial charge on any atom is 0.303 e. The first-order chi connectivity index (χ1) is 26.5. The van der Waals surface area contributed by atoms with E-state index in [4.69, 9.17) is 28.4 Å². The quantitative estimate of drug-likeness (QED) is 0.130. The zero-order valence-corrected chi connectivity index (χ0v) is 35.4. The second kappa shape index (κ2) is 13.9. The van der Waals surface area contributed by atoms with Crippen LogP contribution in [0.15, 0.2) is 12.2 Å². The zero-order valence-electron chi connectivity index (χ0n) is 35.4. The van der Waals surface area contributed by atoms with Gasteiger partial charge in [-0.1, -0.05) is 60.6 Å². The maximum absolute atomic E-state index is 12.2.